The highest BCUT2D eigenvalue weighted by molar-refractivity contribution is 9.10. The smallest absolute Gasteiger partial charge is 0.0871 e. The third kappa shape index (κ3) is 2.99. The van der Waals surface area contributed by atoms with Crippen molar-refractivity contribution in [1.82, 2.24) is 0 Å². The van der Waals surface area contributed by atoms with Crippen LogP contribution in [0.25, 0.3) is 0 Å². The molecule has 0 aliphatic heterocycles. The molecular weight excluding hydrogens is 290 g/mol. The van der Waals surface area contributed by atoms with E-state index in [2.05, 4.69) is 15.9 Å². The third-order valence-electron chi connectivity index (χ3n) is 3.05. The molecule has 94 valence electrons. The third-order valence-corrected chi connectivity index (χ3v) is 3.55. The van der Waals surface area contributed by atoms with Gasteiger partial charge < -0.3 is 10.8 Å². The van der Waals surface area contributed by atoms with Crippen molar-refractivity contribution in [3.8, 4) is 0 Å². The summed E-state index contributed by atoms with van der Waals surface area (Å²) in [4.78, 5) is 0. The van der Waals surface area contributed by atoms with Crippen LogP contribution in [-0.4, -0.2) is 11.7 Å². The van der Waals surface area contributed by atoms with Gasteiger partial charge in [-0.2, -0.15) is 0 Å². The molecule has 0 spiro atoms. The fraction of sp³-hybridized carbons (Fsp3) is 0.200. The lowest BCUT2D eigenvalue weighted by Crippen LogP contribution is -2.20. The minimum atomic E-state index is -0.588. The first-order chi connectivity index (χ1) is 8.72. The van der Waals surface area contributed by atoms with Gasteiger partial charge in [-0.25, -0.2) is 0 Å². The molecule has 2 aromatic carbocycles. The van der Waals surface area contributed by atoms with Crippen LogP contribution in [0.3, 0.4) is 0 Å². The molecule has 0 aliphatic carbocycles. The molecule has 0 aliphatic rings. The molecule has 0 fully saturated rings. The Balaban J connectivity index is 2.28. The average molecular weight is 306 g/mol. The molecule has 2 atom stereocenters. The van der Waals surface area contributed by atoms with Crippen LogP contribution >= 0.6 is 15.9 Å². The van der Waals surface area contributed by atoms with Crippen molar-refractivity contribution in [2.75, 3.05) is 6.54 Å². The van der Waals surface area contributed by atoms with Gasteiger partial charge in [0.2, 0.25) is 0 Å². The Bertz CT molecular complexity index is 501. The molecule has 3 heteroatoms. The SMILES string of the molecule is NCC(c1ccccc1)C(O)c1cccc(Br)c1. The Morgan fingerprint density at radius 1 is 1.00 bits per heavy atom. The van der Waals surface area contributed by atoms with E-state index in [1.54, 1.807) is 0 Å². The number of nitrogens with two attached hydrogens (primary N) is 1. The summed E-state index contributed by atoms with van der Waals surface area (Å²) in [5, 5.41) is 10.5. The molecule has 0 bridgehead atoms. The average Bonchev–Trinajstić information content (AvgIpc) is 2.41. The lowest BCUT2D eigenvalue weighted by molar-refractivity contribution is 0.147. The monoisotopic (exact) mass is 305 g/mol. The Hall–Kier alpha value is -1.16. The van der Waals surface area contributed by atoms with Gasteiger partial charge in [0, 0.05) is 16.9 Å². The summed E-state index contributed by atoms with van der Waals surface area (Å²) in [5.41, 5.74) is 7.75. The number of halogens is 1. The standard InChI is InChI=1S/C15H16BrNO/c16-13-8-4-7-12(9-13)15(18)14(10-17)11-5-2-1-3-6-11/h1-9,14-15,18H,10,17H2. The van der Waals surface area contributed by atoms with E-state index >= 15 is 0 Å². The summed E-state index contributed by atoms with van der Waals surface area (Å²) in [7, 11) is 0. The van der Waals surface area contributed by atoms with E-state index in [1.807, 2.05) is 54.6 Å². The van der Waals surface area contributed by atoms with Gasteiger partial charge in [0.15, 0.2) is 0 Å². The van der Waals surface area contributed by atoms with Gasteiger partial charge in [-0.1, -0.05) is 58.4 Å². The van der Waals surface area contributed by atoms with E-state index in [-0.39, 0.29) is 5.92 Å². The predicted octanol–water partition coefficient (Wildman–Crippen LogP) is 3.23. The number of hydrogen-bond donors (Lipinski definition) is 2. The normalized spacial score (nSPS) is 14.2. The van der Waals surface area contributed by atoms with Gasteiger partial charge in [0.25, 0.3) is 0 Å². The molecular formula is C15H16BrNO. The zero-order valence-corrected chi connectivity index (χ0v) is 11.5. The molecule has 18 heavy (non-hydrogen) atoms. The van der Waals surface area contributed by atoms with Gasteiger partial charge >= 0.3 is 0 Å². The molecule has 2 rings (SSSR count). The quantitative estimate of drug-likeness (QED) is 0.911. The first-order valence-electron chi connectivity index (χ1n) is 5.91. The second kappa shape index (κ2) is 6.14. The second-order valence-corrected chi connectivity index (χ2v) is 5.17. The van der Waals surface area contributed by atoms with Crippen LogP contribution in [0.5, 0.6) is 0 Å². The van der Waals surface area contributed by atoms with Gasteiger partial charge in [0.05, 0.1) is 6.10 Å². The van der Waals surface area contributed by atoms with Gasteiger partial charge in [-0.15, -0.1) is 0 Å². The summed E-state index contributed by atoms with van der Waals surface area (Å²) >= 11 is 3.42. The van der Waals surface area contributed by atoms with Crippen LogP contribution in [0, 0.1) is 0 Å². The van der Waals surface area contributed by atoms with Gasteiger partial charge in [-0.3, -0.25) is 0 Å². The highest BCUT2D eigenvalue weighted by atomic mass is 79.9. The minimum Gasteiger partial charge on any atom is -0.388 e. The van der Waals surface area contributed by atoms with Crippen LogP contribution in [0.15, 0.2) is 59.1 Å². The highest BCUT2D eigenvalue weighted by Crippen LogP contribution is 2.31. The largest absolute Gasteiger partial charge is 0.388 e. The zero-order valence-electron chi connectivity index (χ0n) is 9.96. The van der Waals surface area contributed by atoms with Crippen LogP contribution in [0.4, 0.5) is 0 Å². The molecule has 2 nitrogen and oxygen atoms in total. The van der Waals surface area contributed by atoms with Gasteiger partial charge in [-0.05, 0) is 23.3 Å². The van der Waals surface area contributed by atoms with E-state index in [0.717, 1.165) is 15.6 Å². The Morgan fingerprint density at radius 2 is 1.67 bits per heavy atom. The molecule has 0 saturated carbocycles. The van der Waals surface area contributed by atoms with Crippen LogP contribution in [0.1, 0.15) is 23.1 Å². The molecule has 0 saturated heterocycles. The van der Waals surface area contributed by atoms with E-state index in [0.29, 0.717) is 6.54 Å². The Morgan fingerprint density at radius 3 is 2.28 bits per heavy atom. The number of rotatable bonds is 4. The molecule has 0 aromatic heterocycles. The topological polar surface area (TPSA) is 46.2 Å². The summed E-state index contributed by atoms with van der Waals surface area (Å²) in [5.74, 6) is -0.0829. The number of hydrogen-bond acceptors (Lipinski definition) is 2. The maximum atomic E-state index is 10.5. The summed E-state index contributed by atoms with van der Waals surface area (Å²) in [6.45, 7) is 0.414. The van der Waals surface area contributed by atoms with Crippen molar-refractivity contribution in [3.05, 3.63) is 70.2 Å². The van der Waals surface area contributed by atoms with Gasteiger partial charge in [0.1, 0.15) is 0 Å². The van der Waals surface area contributed by atoms with Crippen molar-refractivity contribution in [2.24, 2.45) is 5.73 Å². The van der Waals surface area contributed by atoms with Crippen molar-refractivity contribution in [3.63, 3.8) is 0 Å². The summed E-state index contributed by atoms with van der Waals surface area (Å²) < 4.78 is 0.961. The molecule has 2 aromatic rings. The van der Waals surface area contributed by atoms with E-state index in [4.69, 9.17) is 5.73 Å². The Kier molecular flexibility index (Phi) is 4.53. The summed E-state index contributed by atoms with van der Waals surface area (Å²) in [6.07, 6.45) is -0.588. The number of aliphatic hydroxyl groups excluding tert-OH is 1. The maximum Gasteiger partial charge on any atom is 0.0871 e. The van der Waals surface area contributed by atoms with Crippen LogP contribution in [-0.2, 0) is 0 Å². The fourth-order valence-electron chi connectivity index (χ4n) is 2.07. The van der Waals surface area contributed by atoms with E-state index in [9.17, 15) is 5.11 Å². The van der Waals surface area contributed by atoms with E-state index in [1.165, 1.54) is 0 Å². The predicted molar refractivity (Wildman–Crippen MR) is 77.3 cm³/mol. The number of aliphatic hydroxyl groups is 1. The van der Waals surface area contributed by atoms with E-state index < -0.39 is 6.10 Å². The fourth-order valence-corrected chi connectivity index (χ4v) is 2.49. The van der Waals surface area contributed by atoms with Crippen molar-refractivity contribution in [2.45, 2.75) is 12.0 Å². The van der Waals surface area contributed by atoms with Crippen molar-refractivity contribution >= 4 is 15.9 Å². The maximum absolute atomic E-state index is 10.5. The Labute approximate surface area is 116 Å². The lowest BCUT2D eigenvalue weighted by atomic mass is 9.89. The van der Waals surface area contributed by atoms with Crippen LogP contribution in [0.2, 0.25) is 0 Å². The molecule has 0 heterocycles. The molecule has 0 radical (unpaired) electrons. The molecule has 2 unspecified atom stereocenters. The summed E-state index contributed by atoms with van der Waals surface area (Å²) in [6, 6.07) is 17.6. The molecule has 0 amide bonds. The molecule has 3 N–H and O–H groups in total. The van der Waals surface area contributed by atoms with Crippen molar-refractivity contribution < 1.29 is 5.11 Å². The minimum absolute atomic E-state index is 0.0829. The van der Waals surface area contributed by atoms with Crippen molar-refractivity contribution in [1.29, 1.82) is 0 Å². The first kappa shape index (κ1) is 13.3. The van der Waals surface area contributed by atoms with Crippen LogP contribution < -0.4 is 5.73 Å². The zero-order chi connectivity index (χ0) is 13.0. The lowest BCUT2D eigenvalue weighted by Gasteiger charge is -2.22. The first-order valence-corrected chi connectivity index (χ1v) is 6.70. The number of benzene rings is 2. The highest BCUT2D eigenvalue weighted by Gasteiger charge is 2.21. The second-order valence-electron chi connectivity index (χ2n) is 4.25.